The lowest BCUT2D eigenvalue weighted by molar-refractivity contribution is 0.411. The Kier molecular flexibility index (Phi) is 3.99. The number of benzene rings is 2. The van der Waals surface area contributed by atoms with Crippen molar-refractivity contribution < 1.29 is 13.2 Å². The van der Waals surface area contributed by atoms with Gasteiger partial charge in [-0.1, -0.05) is 24.3 Å². The Morgan fingerprint density at radius 2 is 1.85 bits per heavy atom. The van der Waals surface area contributed by atoms with Crippen LogP contribution in [0.5, 0.6) is 5.75 Å². The van der Waals surface area contributed by atoms with Crippen LogP contribution >= 0.6 is 0 Å². The molecule has 0 aliphatic heterocycles. The van der Waals surface area contributed by atoms with Gasteiger partial charge in [-0.15, -0.1) is 0 Å². The highest BCUT2D eigenvalue weighted by molar-refractivity contribution is 7.90. The van der Waals surface area contributed by atoms with Gasteiger partial charge in [-0.2, -0.15) is 0 Å². The Hall–Kier alpha value is -2.01. The lowest BCUT2D eigenvalue weighted by atomic mass is 10.2. The second-order valence-corrected chi connectivity index (χ2v) is 6.57. The van der Waals surface area contributed by atoms with E-state index in [1.165, 1.54) is 7.11 Å². The molecule has 0 saturated carbocycles. The predicted octanol–water partition coefficient (Wildman–Crippen LogP) is 2.56. The van der Waals surface area contributed by atoms with Crippen molar-refractivity contribution in [3.63, 3.8) is 0 Å². The van der Waals surface area contributed by atoms with E-state index in [0.717, 1.165) is 5.56 Å². The lowest BCUT2D eigenvalue weighted by Gasteiger charge is -2.11. The van der Waals surface area contributed by atoms with Gasteiger partial charge >= 0.3 is 0 Å². The van der Waals surface area contributed by atoms with Crippen molar-refractivity contribution in [1.29, 1.82) is 0 Å². The molecule has 0 bridgehead atoms. The second kappa shape index (κ2) is 5.54. The number of aryl methyl sites for hydroxylation is 1. The summed E-state index contributed by atoms with van der Waals surface area (Å²) in [6.07, 6.45) is 0. The Labute approximate surface area is 119 Å². The lowest BCUT2D eigenvalue weighted by Crippen LogP contribution is -2.09. The molecule has 2 rings (SSSR count). The summed E-state index contributed by atoms with van der Waals surface area (Å²) in [5, 5.41) is 0. The maximum absolute atomic E-state index is 12.5. The van der Waals surface area contributed by atoms with Crippen LogP contribution in [0.4, 0.5) is 5.69 Å². The van der Waals surface area contributed by atoms with E-state index >= 15 is 0 Å². The monoisotopic (exact) mass is 291 g/mol. The first kappa shape index (κ1) is 14.4. The van der Waals surface area contributed by atoms with Gasteiger partial charge in [0.15, 0.2) is 9.84 Å². The third kappa shape index (κ3) is 2.93. The standard InChI is InChI=1S/C15H17NO3S/c1-11-7-8-15(13(16)9-11)20(17,18)10-12-5-3-4-6-14(12)19-2/h3-9H,10,16H2,1-2H3. The van der Waals surface area contributed by atoms with Crippen LogP contribution in [0.3, 0.4) is 0 Å². The van der Waals surface area contributed by atoms with Crippen molar-refractivity contribution in [3.05, 3.63) is 53.6 Å². The van der Waals surface area contributed by atoms with E-state index in [2.05, 4.69) is 0 Å². The minimum Gasteiger partial charge on any atom is -0.496 e. The maximum Gasteiger partial charge on any atom is 0.184 e. The predicted molar refractivity (Wildman–Crippen MR) is 79.5 cm³/mol. The summed E-state index contributed by atoms with van der Waals surface area (Å²) < 4.78 is 30.1. The van der Waals surface area contributed by atoms with Crippen molar-refractivity contribution in [2.45, 2.75) is 17.6 Å². The molecule has 20 heavy (non-hydrogen) atoms. The van der Waals surface area contributed by atoms with Crippen LogP contribution in [0.15, 0.2) is 47.4 Å². The second-order valence-electron chi connectivity index (χ2n) is 4.61. The number of ether oxygens (including phenoxy) is 1. The molecular formula is C15H17NO3S. The smallest absolute Gasteiger partial charge is 0.184 e. The first-order chi connectivity index (χ1) is 9.44. The van der Waals surface area contributed by atoms with Crippen LogP contribution in [0, 0.1) is 6.92 Å². The molecule has 0 unspecified atom stereocenters. The van der Waals surface area contributed by atoms with E-state index in [4.69, 9.17) is 10.5 Å². The van der Waals surface area contributed by atoms with Gasteiger partial charge in [0.1, 0.15) is 5.75 Å². The highest BCUT2D eigenvalue weighted by atomic mass is 32.2. The number of hydrogen-bond acceptors (Lipinski definition) is 4. The Balaban J connectivity index is 2.41. The molecule has 2 N–H and O–H groups in total. The number of anilines is 1. The normalized spacial score (nSPS) is 11.3. The van der Waals surface area contributed by atoms with Crippen LogP contribution in [-0.2, 0) is 15.6 Å². The number of nitrogens with two attached hydrogens (primary N) is 1. The Morgan fingerprint density at radius 3 is 2.50 bits per heavy atom. The molecule has 0 spiro atoms. The van der Waals surface area contributed by atoms with Crippen molar-refractivity contribution in [2.24, 2.45) is 0 Å². The molecule has 4 nitrogen and oxygen atoms in total. The molecule has 106 valence electrons. The SMILES string of the molecule is COc1ccccc1CS(=O)(=O)c1ccc(C)cc1N. The van der Waals surface area contributed by atoms with Crippen molar-refractivity contribution in [3.8, 4) is 5.75 Å². The molecule has 2 aromatic carbocycles. The fourth-order valence-electron chi connectivity index (χ4n) is 2.06. The Bertz CT molecular complexity index is 724. The van der Waals surface area contributed by atoms with Gasteiger partial charge in [0, 0.05) is 5.56 Å². The number of rotatable bonds is 4. The van der Waals surface area contributed by atoms with Crippen molar-refractivity contribution >= 4 is 15.5 Å². The van der Waals surface area contributed by atoms with Crippen LogP contribution < -0.4 is 10.5 Å². The van der Waals surface area contributed by atoms with Gasteiger partial charge in [0.2, 0.25) is 0 Å². The highest BCUT2D eigenvalue weighted by Gasteiger charge is 2.20. The fourth-order valence-corrected chi connectivity index (χ4v) is 3.55. The number of sulfone groups is 1. The number of nitrogen functional groups attached to an aromatic ring is 1. The van der Waals surface area contributed by atoms with Crippen molar-refractivity contribution in [2.75, 3.05) is 12.8 Å². The number of hydrogen-bond donors (Lipinski definition) is 1. The zero-order chi connectivity index (χ0) is 14.8. The first-order valence-corrected chi connectivity index (χ1v) is 7.80. The third-order valence-corrected chi connectivity index (χ3v) is 4.77. The third-order valence-electron chi connectivity index (χ3n) is 3.04. The number of methoxy groups -OCH3 is 1. The Morgan fingerprint density at radius 1 is 1.15 bits per heavy atom. The zero-order valence-electron chi connectivity index (χ0n) is 11.5. The quantitative estimate of drug-likeness (QED) is 0.879. The highest BCUT2D eigenvalue weighted by Crippen LogP contribution is 2.27. The van der Waals surface area contributed by atoms with Gasteiger partial charge in [-0.3, -0.25) is 0 Å². The van der Waals surface area contributed by atoms with E-state index in [1.807, 2.05) is 6.92 Å². The summed E-state index contributed by atoms with van der Waals surface area (Å²) in [7, 11) is -1.98. The van der Waals surface area contributed by atoms with Crippen molar-refractivity contribution in [1.82, 2.24) is 0 Å². The molecule has 5 heteroatoms. The van der Waals surface area contributed by atoms with Crippen LogP contribution in [-0.4, -0.2) is 15.5 Å². The van der Waals surface area contributed by atoms with E-state index < -0.39 is 9.84 Å². The topological polar surface area (TPSA) is 69.4 Å². The average molecular weight is 291 g/mol. The van der Waals surface area contributed by atoms with E-state index in [9.17, 15) is 8.42 Å². The summed E-state index contributed by atoms with van der Waals surface area (Å²) >= 11 is 0. The summed E-state index contributed by atoms with van der Waals surface area (Å²) in [4.78, 5) is 0.161. The van der Waals surface area contributed by atoms with Crippen LogP contribution in [0.2, 0.25) is 0 Å². The molecule has 0 fully saturated rings. The van der Waals surface area contributed by atoms with Gasteiger partial charge in [0.25, 0.3) is 0 Å². The minimum absolute atomic E-state index is 0.135. The molecule has 0 aliphatic rings. The van der Waals surface area contributed by atoms with E-state index in [1.54, 1.807) is 42.5 Å². The van der Waals surface area contributed by atoms with Crippen LogP contribution in [0.1, 0.15) is 11.1 Å². The first-order valence-electron chi connectivity index (χ1n) is 6.15. The van der Waals surface area contributed by atoms with Gasteiger partial charge in [0.05, 0.1) is 23.4 Å². The molecule has 0 atom stereocenters. The van der Waals surface area contributed by atoms with Gasteiger partial charge in [-0.25, -0.2) is 8.42 Å². The average Bonchev–Trinajstić information content (AvgIpc) is 2.38. The van der Waals surface area contributed by atoms with Gasteiger partial charge in [-0.05, 0) is 30.7 Å². The number of para-hydroxylation sites is 1. The molecular weight excluding hydrogens is 274 g/mol. The fraction of sp³-hybridized carbons (Fsp3) is 0.200. The summed E-state index contributed by atoms with van der Waals surface area (Å²) in [6, 6.07) is 12.0. The minimum atomic E-state index is -3.50. The summed E-state index contributed by atoms with van der Waals surface area (Å²) in [6.45, 7) is 1.87. The maximum atomic E-state index is 12.5. The molecule has 0 amide bonds. The van der Waals surface area contributed by atoms with E-state index in [0.29, 0.717) is 11.3 Å². The molecule has 0 aliphatic carbocycles. The molecule has 0 radical (unpaired) electrons. The molecule has 0 aromatic heterocycles. The van der Waals surface area contributed by atoms with Gasteiger partial charge < -0.3 is 10.5 Å². The van der Waals surface area contributed by atoms with Crippen LogP contribution in [0.25, 0.3) is 0 Å². The summed E-state index contributed by atoms with van der Waals surface area (Å²) in [5.74, 6) is 0.423. The molecule has 0 heterocycles. The molecule has 0 saturated heterocycles. The van der Waals surface area contributed by atoms with E-state index in [-0.39, 0.29) is 16.3 Å². The largest absolute Gasteiger partial charge is 0.496 e. The zero-order valence-corrected chi connectivity index (χ0v) is 12.3. The summed E-state index contributed by atoms with van der Waals surface area (Å²) in [5.41, 5.74) is 7.65. The molecule has 2 aromatic rings.